The number of nitrogens with zero attached hydrogens (tertiary/aromatic N) is 3. The number of carbonyl (C=O) groups excluding carboxylic acids is 1. The molecule has 4 aromatic carbocycles. The number of hydrogen-bond acceptors (Lipinski definition) is 3. The second kappa shape index (κ2) is 12.4. The van der Waals surface area contributed by atoms with E-state index in [1.807, 2.05) is 90.7 Å². The van der Waals surface area contributed by atoms with Crippen LogP contribution < -0.4 is 5.73 Å². The zero-order valence-electron chi connectivity index (χ0n) is 22.3. The lowest BCUT2D eigenvalue weighted by Gasteiger charge is -2.32. The molecule has 1 unspecified atom stereocenters. The van der Waals surface area contributed by atoms with Crippen molar-refractivity contribution in [2.75, 3.05) is 13.1 Å². The van der Waals surface area contributed by atoms with E-state index in [1.165, 1.54) is 5.56 Å². The number of nitrogens with two attached hydrogens (primary N) is 1. The van der Waals surface area contributed by atoms with Crippen molar-refractivity contribution < 1.29 is 4.79 Å². The van der Waals surface area contributed by atoms with Gasteiger partial charge in [-0.15, -0.1) is 0 Å². The van der Waals surface area contributed by atoms with Gasteiger partial charge in [0.1, 0.15) is 11.9 Å². The molecule has 1 heterocycles. The van der Waals surface area contributed by atoms with Crippen LogP contribution in [0.1, 0.15) is 45.3 Å². The normalized spacial score (nSPS) is 11.7. The smallest absolute Gasteiger partial charge is 0.254 e. The molecule has 0 radical (unpaired) electrons. The van der Waals surface area contributed by atoms with E-state index in [-0.39, 0.29) is 5.91 Å². The van der Waals surface area contributed by atoms with Crippen LogP contribution in [-0.2, 0) is 6.54 Å². The summed E-state index contributed by atoms with van der Waals surface area (Å²) in [5.74, 6) is 0.786. The van der Waals surface area contributed by atoms with Gasteiger partial charge >= 0.3 is 0 Å². The summed E-state index contributed by atoms with van der Waals surface area (Å²) >= 11 is 0. The summed E-state index contributed by atoms with van der Waals surface area (Å²) < 4.78 is 2.19. The molecule has 0 saturated heterocycles. The number of rotatable bonds is 10. The van der Waals surface area contributed by atoms with Crippen molar-refractivity contribution >= 4 is 5.91 Å². The topological polar surface area (TPSA) is 64.2 Å². The molecule has 0 aliphatic heterocycles. The largest absolute Gasteiger partial charge is 0.330 e. The molecule has 0 aliphatic rings. The van der Waals surface area contributed by atoms with E-state index in [2.05, 4.69) is 47.2 Å². The average molecular weight is 515 g/mol. The van der Waals surface area contributed by atoms with Gasteiger partial charge in [-0.2, -0.15) is 0 Å². The van der Waals surface area contributed by atoms with Gasteiger partial charge in [0, 0.05) is 30.4 Å². The molecule has 1 atom stereocenters. The lowest BCUT2D eigenvalue weighted by atomic mass is 10.0. The summed E-state index contributed by atoms with van der Waals surface area (Å²) in [4.78, 5) is 21.3. The molecule has 1 aromatic heterocycles. The zero-order chi connectivity index (χ0) is 27.0. The lowest BCUT2D eigenvalue weighted by Crippen LogP contribution is -2.38. The van der Waals surface area contributed by atoms with Crippen LogP contribution in [-0.4, -0.2) is 33.4 Å². The SMILES string of the molecule is Cc1ccc(C(=O)N(CCCN)C(c2ccccc2)c2nc(-c3ccccc3)cn2Cc2ccccc2)cc1. The highest BCUT2D eigenvalue weighted by atomic mass is 16.2. The van der Waals surface area contributed by atoms with Crippen molar-refractivity contribution in [3.63, 3.8) is 0 Å². The van der Waals surface area contributed by atoms with E-state index in [4.69, 9.17) is 10.7 Å². The maximum absolute atomic E-state index is 14.1. The molecule has 0 bridgehead atoms. The number of aromatic nitrogens is 2. The Kier molecular flexibility index (Phi) is 8.29. The third kappa shape index (κ3) is 6.16. The Morgan fingerprint density at radius 2 is 1.46 bits per heavy atom. The Labute approximate surface area is 230 Å². The van der Waals surface area contributed by atoms with Gasteiger partial charge in [-0.25, -0.2) is 4.98 Å². The summed E-state index contributed by atoms with van der Waals surface area (Å²) in [5.41, 5.74) is 11.8. The van der Waals surface area contributed by atoms with Crippen molar-refractivity contribution in [1.29, 1.82) is 0 Å². The molecule has 0 saturated carbocycles. The van der Waals surface area contributed by atoms with Gasteiger partial charge < -0.3 is 15.2 Å². The summed E-state index contributed by atoms with van der Waals surface area (Å²) in [6, 6.07) is 38.1. The fraction of sp³-hybridized carbons (Fsp3) is 0.176. The lowest BCUT2D eigenvalue weighted by molar-refractivity contribution is 0.0696. The van der Waals surface area contributed by atoms with Gasteiger partial charge in [-0.05, 0) is 43.1 Å². The number of hydrogen-bond donors (Lipinski definition) is 1. The number of benzene rings is 4. The summed E-state index contributed by atoms with van der Waals surface area (Å²) in [7, 11) is 0. The van der Waals surface area contributed by atoms with Gasteiger partial charge in [0.2, 0.25) is 0 Å². The molecule has 5 nitrogen and oxygen atoms in total. The van der Waals surface area contributed by atoms with Crippen LogP contribution in [0.25, 0.3) is 11.3 Å². The maximum Gasteiger partial charge on any atom is 0.254 e. The summed E-state index contributed by atoms with van der Waals surface area (Å²) in [6.45, 7) is 3.68. The second-order valence-corrected chi connectivity index (χ2v) is 9.78. The minimum absolute atomic E-state index is 0.0344. The maximum atomic E-state index is 14.1. The van der Waals surface area contributed by atoms with E-state index >= 15 is 0 Å². The molecule has 5 heteroatoms. The molecular weight excluding hydrogens is 480 g/mol. The quantitative estimate of drug-likeness (QED) is 0.232. The Bertz CT molecular complexity index is 1480. The van der Waals surface area contributed by atoms with Gasteiger partial charge in [-0.3, -0.25) is 4.79 Å². The van der Waals surface area contributed by atoms with Crippen molar-refractivity contribution in [1.82, 2.24) is 14.5 Å². The summed E-state index contributed by atoms with van der Waals surface area (Å²) in [5, 5.41) is 0. The van der Waals surface area contributed by atoms with Crippen LogP contribution >= 0.6 is 0 Å². The molecule has 39 heavy (non-hydrogen) atoms. The van der Waals surface area contributed by atoms with Crippen LogP contribution in [0.5, 0.6) is 0 Å². The van der Waals surface area contributed by atoms with Crippen LogP contribution in [0.2, 0.25) is 0 Å². The van der Waals surface area contributed by atoms with E-state index in [0.717, 1.165) is 28.2 Å². The first-order valence-electron chi connectivity index (χ1n) is 13.4. The minimum atomic E-state index is -0.396. The molecule has 0 spiro atoms. The predicted molar refractivity (Wildman–Crippen MR) is 157 cm³/mol. The Hall–Kier alpha value is -4.48. The van der Waals surface area contributed by atoms with Crippen LogP contribution in [0, 0.1) is 6.92 Å². The fourth-order valence-electron chi connectivity index (χ4n) is 4.88. The highest BCUT2D eigenvalue weighted by molar-refractivity contribution is 5.94. The Balaban J connectivity index is 1.67. The molecule has 2 N–H and O–H groups in total. The van der Waals surface area contributed by atoms with Gasteiger partial charge in [-0.1, -0.05) is 109 Å². The molecule has 0 fully saturated rings. The minimum Gasteiger partial charge on any atom is -0.330 e. The van der Waals surface area contributed by atoms with Crippen LogP contribution in [0.3, 0.4) is 0 Å². The van der Waals surface area contributed by atoms with Crippen LogP contribution in [0.4, 0.5) is 0 Å². The third-order valence-corrected chi connectivity index (χ3v) is 6.91. The number of amides is 1. The van der Waals surface area contributed by atoms with Crippen molar-refractivity contribution in [3.05, 3.63) is 150 Å². The molecular formula is C34H34N4O. The molecule has 196 valence electrons. The zero-order valence-corrected chi connectivity index (χ0v) is 22.3. The van der Waals surface area contributed by atoms with Gasteiger partial charge in [0.25, 0.3) is 5.91 Å². The van der Waals surface area contributed by atoms with Gasteiger partial charge in [0.05, 0.1) is 5.69 Å². The first kappa shape index (κ1) is 26.1. The third-order valence-electron chi connectivity index (χ3n) is 6.91. The van der Waals surface area contributed by atoms with Crippen molar-refractivity contribution in [2.24, 2.45) is 5.73 Å². The number of aryl methyl sites for hydroxylation is 1. The highest BCUT2D eigenvalue weighted by Crippen LogP contribution is 2.32. The molecule has 0 aliphatic carbocycles. The van der Waals surface area contributed by atoms with E-state index in [1.54, 1.807) is 0 Å². The fourth-order valence-corrected chi connectivity index (χ4v) is 4.88. The first-order valence-corrected chi connectivity index (χ1v) is 13.4. The molecule has 5 aromatic rings. The summed E-state index contributed by atoms with van der Waals surface area (Å²) in [6.07, 6.45) is 2.79. The van der Waals surface area contributed by atoms with Crippen molar-refractivity contribution in [2.45, 2.75) is 25.9 Å². The van der Waals surface area contributed by atoms with Gasteiger partial charge in [0.15, 0.2) is 0 Å². The number of imidazole rings is 1. The monoisotopic (exact) mass is 514 g/mol. The molecule has 1 amide bonds. The predicted octanol–water partition coefficient (Wildman–Crippen LogP) is 6.49. The standard InChI is InChI=1S/C34H34N4O/c1-26-18-20-30(21-19-26)34(39)38(23-11-22-35)32(29-16-9-4-10-17-29)33-36-31(28-14-7-3-8-15-28)25-37(33)24-27-12-5-2-6-13-27/h2-10,12-21,25,32H,11,22-24,35H2,1H3. The average Bonchev–Trinajstić information content (AvgIpc) is 3.39. The van der Waals surface area contributed by atoms with E-state index < -0.39 is 6.04 Å². The highest BCUT2D eigenvalue weighted by Gasteiger charge is 2.31. The van der Waals surface area contributed by atoms with Crippen LogP contribution in [0.15, 0.2) is 121 Å². The van der Waals surface area contributed by atoms with E-state index in [0.29, 0.717) is 31.6 Å². The first-order chi connectivity index (χ1) is 19.1. The Morgan fingerprint density at radius 1 is 0.846 bits per heavy atom. The number of carbonyl (C=O) groups is 1. The van der Waals surface area contributed by atoms with E-state index in [9.17, 15) is 4.79 Å². The molecule has 5 rings (SSSR count). The van der Waals surface area contributed by atoms with Crippen molar-refractivity contribution in [3.8, 4) is 11.3 Å². The second-order valence-electron chi connectivity index (χ2n) is 9.78. The Morgan fingerprint density at radius 3 is 2.10 bits per heavy atom.